The molecule has 2 aromatic rings. The van der Waals surface area contributed by atoms with Crippen molar-refractivity contribution >= 4 is 0 Å². The Hall–Kier alpha value is -1.68. The number of benzene rings is 1. The molecular formula is C18H25N3O. The van der Waals surface area contributed by atoms with Crippen molar-refractivity contribution in [1.29, 1.82) is 0 Å². The molecule has 0 aliphatic heterocycles. The standard InChI is InChI=1S/C18H25N3O/c1-13(19-2)12-17-20-18(22-21-17)16-10-8-15(9-11-16)14-6-4-3-5-7-14/h3-7,13,15-16,19H,8-12H2,1-2H3. The minimum absolute atomic E-state index is 0.374. The number of aromatic nitrogens is 2. The molecule has 4 heteroatoms. The Labute approximate surface area is 132 Å². The summed E-state index contributed by atoms with van der Waals surface area (Å²) >= 11 is 0. The van der Waals surface area contributed by atoms with E-state index in [9.17, 15) is 0 Å². The van der Waals surface area contributed by atoms with Gasteiger partial charge in [-0.15, -0.1) is 0 Å². The quantitative estimate of drug-likeness (QED) is 0.915. The Morgan fingerprint density at radius 3 is 2.50 bits per heavy atom. The lowest BCUT2D eigenvalue weighted by Crippen LogP contribution is -2.24. The lowest BCUT2D eigenvalue weighted by atomic mass is 9.78. The van der Waals surface area contributed by atoms with E-state index in [0.29, 0.717) is 17.9 Å². The number of hydrogen-bond donors (Lipinski definition) is 1. The number of nitrogens with zero attached hydrogens (tertiary/aromatic N) is 2. The van der Waals surface area contributed by atoms with Crippen LogP contribution in [-0.4, -0.2) is 23.2 Å². The first-order valence-electron chi connectivity index (χ1n) is 8.31. The molecule has 1 N–H and O–H groups in total. The second-order valence-corrected chi connectivity index (χ2v) is 6.40. The van der Waals surface area contributed by atoms with Crippen LogP contribution in [0.25, 0.3) is 0 Å². The average Bonchev–Trinajstić information content (AvgIpc) is 3.04. The second-order valence-electron chi connectivity index (χ2n) is 6.40. The fraction of sp³-hybridized carbons (Fsp3) is 0.556. The van der Waals surface area contributed by atoms with Crippen LogP contribution in [0.4, 0.5) is 0 Å². The van der Waals surface area contributed by atoms with Gasteiger partial charge in [0.05, 0.1) is 0 Å². The van der Waals surface area contributed by atoms with Crippen molar-refractivity contribution in [3.63, 3.8) is 0 Å². The molecule has 0 bridgehead atoms. The molecule has 1 aliphatic rings. The molecule has 0 saturated heterocycles. The van der Waals surface area contributed by atoms with Crippen LogP contribution in [0.3, 0.4) is 0 Å². The third-order valence-corrected chi connectivity index (χ3v) is 4.81. The third-order valence-electron chi connectivity index (χ3n) is 4.81. The van der Waals surface area contributed by atoms with Crippen molar-refractivity contribution in [2.75, 3.05) is 7.05 Å². The van der Waals surface area contributed by atoms with E-state index in [1.807, 2.05) is 7.05 Å². The summed E-state index contributed by atoms with van der Waals surface area (Å²) in [7, 11) is 1.95. The number of rotatable bonds is 5. The molecule has 1 aromatic heterocycles. The summed E-state index contributed by atoms with van der Waals surface area (Å²) in [5.74, 6) is 2.78. The van der Waals surface area contributed by atoms with Crippen molar-refractivity contribution in [3.8, 4) is 0 Å². The Morgan fingerprint density at radius 1 is 1.14 bits per heavy atom. The summed E-state index contributed by atoms with van der Waals surface area (Å²) in [6.45, 7) is 2.13. The normalized spacial score (nSPS) is 23.4. The summed E-state index contributed by atoms with van der Waals surface area (Å²) < 4.78 is 5.50. The molecule has 1 aromatic carbocycles. The van der Waals surface area contributed by atoms with Gasteiger partial charge in [-0.1, -0.05) is 35.5 Å². The molecule has 4 nitrogen and oxygen atoms in total. The van der Waals surface area contributed by atoms with Crippen LogP contribution in [0, 0.1) is 0 Å². The molecule has 1 aliphatic carbocycles. The van der Waals surface area contributed by atoms with Crippen LogP contribution in [0.1, 0.15) is 61.7 Å². The lowest BCUT2D eigenvalue weighted by molar-refractivity contribution is 0.299. The molecule has 118 valence electrons. The highest BCUT2D eigenvalue weighted by Gasteiger charge is 2.27. The maximum atomic E-state index is 5.50. The summed E-state index contributed by atoms with van der Waals surface area (Å²) in [4.78, 5) is 4.60. The van der Waals surface area contributed by atoms with E-state index in [-0.39, 0.29) is 0 Å². The fourth-order valence-corrected chi connectivity index (χ4v) is 3.29. The summed E-state index contributed by atoms with van der Waals surface area (Å²) in [6, 6.07) is 11.2. The van der Waals surface area contributed by atoms with Gasteiger partial charge >= 0.3 is 0 Å². The Morgan fingerprint density at radius 2 is 1.82 bits per heavy atom. The lowest BCUT2D eigenvalue weighted by Gasteiger charge is -2.26. The zero-order chi connectivity index (χ0) is 15.4. The number of hydrogen-bond acceptors (Lipinski definition) is 4. The van der Waals surface area contributed by atoms with Gasteiger partial charge in [-0.2, -0.15) is 4.98 Å². The van der Waals surface area contributed by atoms with E-state index in [0.717, 1.165) is 31.0 Å². The van der Waals surface area contributed by atoms with Gasteiger partial charge in [0.2, 0.25) is 5.89 Å². The maximum Gasteiger partial charge on any atom is 0.229 e. The van der Waals surface area contributed by atoms with E-state index < -0.39 is 0 Å². The van der Waals surface area contributed by atoms with Crippen LogP contribution in [0.2, 0.25) is 0 Å². The first-order chi connectivity index (χ1) is 10.8. The topological polar surface area (TPSA) is 51.0 Å². The minimum atomic E-state index is 0.374. The summed E-state index contributed by atoms with van der Waals surface area (Å²) in [5, 5.41) is 7.33. The molecule has 1 unspecified atom stereocenters. The molecule has 1 atom stereocenters. The van der Waals surface area contributed by atoms with Crippen molar-refractivity contribution in [2.45, 2.75) is 56.9 Å². The van der Waals surface area contributed by atoms with Gasteiger partial charge < -0.3 is 9.84 Å². The molecule has 0 amide bonds. The Balaban J connectivity index is 1.57. The van der Waals surface area contributed by atoms with Crippen LogP contribution in [0.15, 0.2) is 34.9 Å². The molecule has 3 rings (SSSR count). The molecule has 22 heavy (non-hydrogen) atoms. The highest BCUT2D eigenvalue weighted by atomic mass is 16.5. The SMILES string of the molecule is CNC(C)Cc1noc(C2CCC(c3ccccc3)CC2)n1. The second kappa shape index (κ2) is 7.05. The van der Waals surface area contributed by atoms with Crippen molar-refractivity contribution in [2.24, 2.45) is 0 Å². The Kier molecular flexibility index (Phi) is 4.88. The van der Waals surface area contributed by atoms with Gasteiger partial charge in [-0.05, 0) is 51.1 Å². The first kappa shape index (κ1) is 15.2. The Bertz CT molecular complexity index is 573. The summed E-state index contributed by atoms with van der Waals surface area (Å²) in [5.41, 5.74) is 1.47. The van der Waals surface area contributed by atoms with Gasteiger partial charge in [-0.25, -0.2) is 0 Å². The van der Waals surface area contributed by atoms with E-state index in [2.05, 4.69) is 52.7 Å². The van der Waals surface area contributed by atoms with Gasteiger partial charge in [0.25, 0.3) is 0 Å². The van der Waals surface area contributed by atoms with Gasteiger partial charge in [0.15, 0.2) is 5.82 Å². The smallest absolute Gasteiger partial charge is 0.229 e. The zero-order valence-electron chi connectivity index (χ0n) is 13.5. The first-order valence-corrected chi connectivity index (χ1v) is 8.31. The van der Waals surface area contributed by atoms with Crippen LogP contribution >= 0.6 is 0 Å². The minimum Gasteiger partial charge on any atom is -0.339 e. The van der Waals surface area contributed by atoms with E-state index in [4.69, 9.17) is 4.52 Å². The van der Waals surface area contributed by atoms with Crippen molar-refractivity contribution in [3.05, 3.63) is 47.6 Å². The van der Waals surface area contributed by atoms with Crippen LogP contribution < -0.4 is 5.32 Å². The average molecular weight is 299 g/mol. The molecule has 0 spiro atoms. The predicted octanol–water partition coefficient (Wildman–Crippen LogP) is 3.66. The van der Waals surface area contributed by atoms with E-state index in [1.165, 1.54) is 18.4 Å². The molecular weight excluding hydrogens is 274 g/mol. The van der Waals surface area contributed by atoms with E-state index >= 15 is 0 Å². The number of likely N-dealkylation sites (N-methyl/N-ethyl adjacent to an activating group) is 1. The predicted molar refractivity (Wildman–Crippen MR) is 86.9 cm³/mol. The highest BCUT2D eigenvalue weighted by molar-refractivity contribution is 5.20. The third kappa shape index (κ3) is 3.55. The maximum absolute atomic E-state index is 5.50. The molecule has 0 radical (unpaired) electrons. The molecule has 1 heterocycles. The van der Waals surface area contributed by atoms with Gasteiger partial charge in [-0.3, -0.25) is 0 Å². The number of nitrogens with one attached hydrogen (secondary N) is 1. The zero-order valence-corrected chi connectivity index (χ0v) is 13.5. The van der Waals surface area contributed by atoms with Gasteiger partial charge in [0, 0.05) is 18.4 Å². The van der Waals surface area contributed by atoms with Crippen LogP contribution in [0.5, 0.6) is 0 Å². The highest BCUT2D eigenvalue weighted by Crippen LogP contribution is 2.39. The fourth-order valence-electron chi connectivity index (χ4n) is 3.29. The molecule has 1 fully saturated rings. The monoisotopic (exact) mass is 299 g/mol. The molecule has 1 saturated carbocycles. The van der Waals surface area contributed by atoms with E-state index in [1.54, 1.807) is 0 Å². The summed E-state index contributed by atoms with van der Waals surface area (Å²) in [6.07, 6.45) is 5.52. The van der Waals surface area contributed by atoms with Crippen LogP contribution in [-0.2, 0) is 6.42 Å². The largest absolute Gasteiger partial charge is 0.339 e. The van der Waals surface area contributed by atoms with Crippen molar-refractivity contribution < 1.29 is 4.52 Å². The van der Waals surface area contributed by atoms with Gasteiger partial charge in [0.1, 0.15) is 0 Å². The van der Waals surface area contributed by atoms with Crippen molar-refractivity contribution in [1.82, 2.24) is 15.5 Å².